The Kier molecular flexibility index (Phi) is 6.71. The highest BCUT2D eigenvalue weighted by molar-refractivity contribution is 5.94. The summed E-state index contributed by atoms with van der Waals surface area (Å²) < 4.78 is 18.7. The maximum Gasteiger partial charge on any atom is 0.251 e. The van der Waals surface area contributed by atoms with Gasteiger partial charge in [0.25, 0.3) is 5.91 Å². The summed E-state index contributed by atoms with van der Waals surface area (Å²) in [4.78, 5) is 11.9. The number of hydrogen-bond acceptors (Lipinski definition) is 3. The Morgan fingerprint density at radius 1 is 1.55 bits per heavy atom. The fourth-order valence-electron chi connectivity index (χ4n) is 1.62. The highest BCUT2D eigenvalue weighted by Gasteiger charge is 2.10. The summed E-state index contributed by atoms with van der Waals surface area (Å²) in [7, 11) is 1.61. The second-order valence-electron chi connectivity index (χ2n) is 4.47. The van der Waals surface area contributed by atoms with E-state index in [9.17, 15) is 9.18 Å². The minimum Gasteiger partial charge on any atom is -0.384 e. The van der Waals surface area contributed by atoms with Crippen LogP contribution in [0.5, 0.6) is 0 Å². The topological polar surface area (TPSA) is 64.3 Å². The maximum atomic E-state index is 13.7. The van der Waals surface area contributed by atoms with Crippen molar-refractivity contribution in [2.45, 2.75) is 6.92 Å². The summed E-state index contributed by atoms with van der Waals surface area (Å²) in [5.41, 5.74) is 5.73. The predicted octanol–water partition coefficient (Wildman–Crippen LogP) is 1.15. The van der Waals surface area contributed by atoms with Gasteiger partial charge in [0.2, 0.25) is 0 Å². The third kappa shape index (κ3) is 5.00. The van der Waals surface area contributed by atoms with Crippen LogP contribution in [0.4, 0.5) is 4.39 Å². The summed E-state index contributed by atoms with van der Waals surface area (Å²) >= 11 is 0. The molecule has 1 atom stereocenters. The van der Waals surface area contributed by atoms with E-state index in [4.69, 9.17) is 10.5 Å². The number of halogens is 1. The number of carbonyl (C=O) groups is 1. The molecule has 0 aliphatic rings. The third-order valence-corrected chi connectivity index (χ3v) is 2.62. The molecular formula is C15H19FN2O2. The highest BCUT2D eigenvalue weighted by atomic mass is 19.1. The minimum absolute atomic E-state index is 0.166. The van der Waals surface area contributed by atoms with E-state index in [1.165, 1.54) is 12.1 Å². The molecule has 0 saturated carbocycles. The molecule has 0 radical (unpaired) electrons. The van der Waals surface area contributed by atoms with Crippen LogP contribution in [-0.2, 0) is 4.74 Å². The zero-order valence-corrected chi connectivity index (χ0v) is 11.7. The zero-order chi connectivity index (χ0) is 15.0. The lowest BCUT2D eigenvalue weighted by molar-refractivity contribution is 0.0933. The van der Waals surface area contributed by atoms with Crippen LogP contribution < -0.4 is 11.1 Å². The SMILES string of the molecule is COCC(C)CNC(=O)c1ccc(C#CCN)c(F)c1. The number of methoxy groups -OCH3 is 1. The van der Waals surface area contributed by atoms with Crippen LogP contribution in [0.1, 0.15) is 22.8 Å². The molecule has 20 heavy (non-hydrogen) atoms. The Bertz CT molecular complexity index is 520. The van der Waals surface area contributed by atoms with E-state index in [0.717, 1.165) is 0 Å². The molecule has 1 unspecified atom stereocenters. The van der Waals surface area contributed by atoms with Gasteiger partial charge in [-0.15, -0.1) is 0 Å². The van der Waals surface area contributed by atoms with Crippen LogP contribution in [0, 0.1) is 23.6 Å². The summed E-state index contributed by atoms with van der Waals surface area (Å²) in [6.07, 6.45) is 0. The molecule has 4 nitrogen and oxygen atoms in total. The largest absolute Gasteiger partial charge is 0.384 e. The van der Waals surface area contributed by atoms with Crippen molar-refractivity contribution in [3.05, 3.63) is 35.1 Å². The summed E-state index contributed by atoms with van der Waals surface area (Å²) in [6, 6.07) is 4.20. The third-order valence-electron chi connectivity index (χ3n) is 2.62. The van der Waals surface area contributed by atoms with E-state index in [1.807, 2.05) is 6.92 Å². The Morgan fingerprint density at radius 2 is 2.30 bits per heavy atom. The molecular weight excluding hydrogens is 259 g/mol. The van der Waals surface area contributed by atoms with Gasteiger partial charge in [-0.2, -0.15) is 0 Å². The first-order valence-electron chi connectivity index (χ1n) is 6.34. The monoisotopic (exact) mass is 278 g/mol. The minimum atomic E-state index is -0.525. The van der Waals surface area contributed by atoms with Crippen molar-refractivity contribution in [2.75, 3.05) is 26.8 Å². The van der Waals surface area contributed by atoms with Gasteiger partial charge >= 0.3 is 0 Å². The second-order valence-corrected chi connectivity index (χ2v) is 4.47. The maximum absolute atomic E-state index is 13.7. The van der Waals surface area contributed by atoms with Gasteiger partial charge < -0.3 is 15.8 Å². The molecule has 1 rings (SSSR count). The van der Waals surface area contributed by atoms with Crippen LogP contribution in [0.25, 0.3) is 0 Å². The molecule has 1 amide bonds. The second kappa shape index (κ2) is 8.31. The molecule has 0 aliphatic carbocycles. The van der Waals surface area contributed by atoms with Crippen molar-refractivity contribution < 1.29 is 13.9 Å². The fraction of sp³-hybridized carbons (Fsp3) is 0.400. The van der Waals surface area contributed by atoms with E-state index in [0.29, 0.717) is 13.2 Å². The van der Waals surface area contributed by atoms with Crippen molar-refractivity contribution in [1.82, 2.24) is 5.32 Å². The van der Waals surface area contributed by atoms with Crippen LogP contribution >= 0.6 is 0 Å². The fourth-order valence-corrected chi connectivity index (χ4v) is 1.62. The Labute approximate surface area is 118 Å². The number of hydrogen-bond donors (Lipinski definition) is 2. The van der Waals surface area contributed by atoms with Gasteiger partial charge in [-0.1, -0.05) is 18.8 Å². The number of carbonyl (C=O) groups excluding carboxylic acids is 1. The number of benzene rings is 1. The van der Waals surface area contributed by atoms with Gasteiger partial charge in [-0.3, -0.25) is 4.79 Å². The summed E-state index contributed by atoms with van der Waals surface area (Å²) in [5.74, 6) is 4.54. The number of rotatable bonds is 5. The zero-order valence-electron chi connectivity index (χ0n) is 11.7. The van der Waals surface area contributed by atoms with Gasteiger partial charge in [0.15, 0.2) is 0 Å². The van der Waals surface area contributed by atoms with Gasteiger partial charge in [-0.25, -0.2) is 4.39 Å². The smallest absolute Gasteiger partial charge is 0.251 e. The molecule has 0 aromatic heterocycles. The first kappa shape index (κ1) is 16.2. The molecule has 0 spiro atoms. The van der Waals surface area contributed by atoms with Crippen LogP contribution in [0.3, 0.4) is 0 Å². The van der Waals surface area contributed by atoms with Crippen molar-refractivity contribution in [3.8, 4) is 11.8 Å². The molecule has 0 fully saturated rings. The van der Waals surface area contributed by atoms with Crippen LogP contribution in [0.2, 0.25) is 0 Å². The van der Waals surface area contributed by atoms with Crippen molar-refractivity contribution in [2.24, 2.45) is 11.7 Å². The van der Waals surface area contributed by atoms with Crippen molar-refractivity contribution in [1.29, 1.82) is 0 Å². The molecule has 0 heterocycles. The van der Waals surface area contributed by atoms with Gasteiger partial charge in [0, 0.05) is 19.2 Å². The van der Waals surface area contributed by atoms with E-state index in [2.05, 4.69) is 17.2 Å². The summed E-state index contributed by atoms with van der Waals surface area (Å²) in [6.45, 7) is 3.15. The molecule has 1 aromatic rings. The number of amides is 1. The van der Waals surface area contributed by atoms with Gasteiger partial charge in [0.05, 0.1) is 18.7 Å². The Morgan fingerprint density at radius 3 is 2.90 bits per heavy atom. The predicted molar refractivity (Wildman–Crippen MR) is 75.7 cm³/mol. The molecule has 108 valence electrons. The standard InChI is InChI=1S/C15H19FN2O2/c1-11(10-20-2)9-18-15(19)13-6-5-12(4-3-7-17)14(16)8-13/h5-6,8,11H,7,9-10,17H2,1-2H3,(H,18,19). The van der Waals surface area contributed by atoms with E-state index in [1.54, 1.807) is 13.2 Å². The van der Waals surface area contributed by atoms with E-state index in [-0.39, 0.29) is 29.5 Å². The number of ether oxygens (including phenoxy) is 1. The lowest BCUT2D eigenvalue weighted by atomic mass is 10.1. The van der Waals surface area contributed by atoms with Crippen LogP contribution in [0.15, 0.2) is 18.2 Å². The number of nitrogens with one attached hydrogen (secondary N) is 1. The first-order valence-corrected chi connectivity index (χ1v) is 6.34. The summed E-state index contributed by atoms with van der Waals surface area (Å²) in [5, 5.41) is 2.73. The van der Waals surface area contributed by atoms with Gasteiger partial charge in [-0.05, 0) is 24.1 Å². The molecule has 0 saturated heterocycles. The molecule has 0 bridgehead atoms. The normalized spacial score (nSPS) is 11.4. The lowest BCUT2D eigenvalue weighted by Gasteiger charge is -2.11. The van der Waals surface area contributed by atoms with Crippen molar-refractivity contribution in [3.63, 3.8) is 0 Å². The first-order chi connectivity index (χ1) is 9.58. The Balaban J connectivity index is 2.68. The van der Waals surface area contributed by atoms with E-state index >= 15 is 0 Å². The molecule has 3 N–H and O–H groups in total. The van der Waals surface area contributed by atoms with Crippen LogP contribution in [-0.4, -0.2) is 32.7 Å². The van der Waals surface area contributed by atoms with Crippen molar-refractivity contribution >= 4 is 5.91 Å². The highest BCUT2D eigenvalue weighted by Crippen LogP contribution is 2.09. The van der Waals surface area contributed by atoms with E-state index < -0.39 is 5.82 Å². The average Bonchev–Trinajstić information content (AvgIpc) is 2.43. The average molecular weight is 278 g/mol. The lowest BCUT2D eigenvalue weighted by Crippen LogP contribution is -2.29. The molecule has 1 aromatic carbocycles. The molecule has 5 heteroatoms. The Hall–Kier alpha value is -1.90. The number of nitrogens with two attached hydrogens (primary N) is 1. The van der Waals surface area contributed by atoms with Gasteiger partial charge in [0.1, 0.15) is 5.82 Å². The quantitative estimate of drug-likeness (QED) is 0.794. The molecule has 0 aliphatic heterocycles.